The number of para-hydroxylation sites is 1. The smallest absolute Gasteiger partial charge is 0.317 e. The minimum atomic E-state index is -0.827. The van der Waals surface area contributed by atoms with Crippen molar-refractivity contribution in [1.29, 1.82) is 0 Å². The zero-order valence-electron chi connectivity index (χ0n) is 18.6. The highest BCUT2D eigenvalue weighted by Crippen LogP contribution is 2.28. The van der Waals surface area contributed by atoms with Crippen LogP contribution in [0.15, 0.2) is 65.8 Å². The standard InChI is InChI=1S/C25H28N4O3S/c1-18(24(31)26-20-13-7-3-8-14-20)32-22(30)17-33-25-28-27-23(19-11-5-2-6-12-19)29(25)21-15-9-4-10-16-21/h2,4-6,9-12,15-16,18,20H,3,7-8,13-14,17H2,1H3,(H,26,31). The number of esters is 1. The van der Waals surface area contributed by atoms with Crippen molar-refractivity contribution in [2.24, 2.45) is 0 Å². The van der Waals surface area contributed by atoms with Gasteiger partial charge in [0, 0.05) is 17.3 Å². The summed E-state index contributed by atoms with van der Waals surface area (Å²) < 4.78 is 7.31. The lowest BCUT2D eigenvalue weighted by molar-refractivity contribution is -0.152. The molecule has 0 aliphatic heterocycles. The van der Waals surface area contributed by atoms with Crippen LogP contribution in [0.25, 0.3) is 17.1 Å². The van der Waals surface area contributed by atoms with Crippen LogP contribution >= 0.6 is 11.8 Å². The van der Waals surface area contributed by atoms with Gasteiger partial charge < -0.3 is 10.1 Å². The topological polar surface area (TPSA) is 86.1 Å². The number of rotatable bonds is 8. The zero-order valence-corrected chi connectivity index (χ0v) is 19.5. The summed E-state index contributed by atoms with van der Waals surface area (Å²) in [4.78, 5) is 24.9. The lowest BCUT2D eigenvalue weighted by Gasteiger charge is -2.24. The number of thioether (sulfide) groups is 1. The third-order valence-electron chi connectivity index (χ3n) is 5.63. The molecule has 2 aromatic carbocycles. The second-order valence-corrected chi connectivity index (χ2v) is 9.05. The fraction of sp³-hybridized carbons (Fsp3) is 0.360. The molecule has 1 N–H and O–H groups in total. The number of hydrogen-bond acceptors (Lipinski definition) is 6. The number of amides is 1. The van der Waals surface area contributed by atoms with Crippen molar-refractivity contribution >= 4 is 23.6 Å². The van der Waals surface area contributed by atoms with E-state index in [2.05, 4.69) is 15.5 Å². The molecule has 33 heavy (non-hydrogen) atoms. The highest BCUT2D eigenvalue weighted by atomic mass is 32.2. The van der Waals surface area contributed by atoms with Crippen LogP contribution in [0.4, 0.5) is 0 Å². The normalized spacial score (nSPS) is 15.1. The highest BCUT2D eigenvalue weighted by Gasteiger charge is 2.23. The Morgan fingerprint density at radius 3 is 2.39 bits per heavy atom. The van der Waals surface area contributed by atoms with E-state index in [9.17, 15) is 9.59 Å². The molecule has 1 unspecified atom stereocenters. The van der Waals surface area contributed by atoms with Gasteiger partial charge in [0.25, 0.3) is 5.91 Å². The van der Waals surface area contributed by atoms with Gasteiger partial charge in [0.05, 0.1) is 5.75 Å². The van der Waals surface area contributed by atoms with Crippen LogP contribution in [-0.4, -0.2) is 44.5 Å². The predicted octanol–water partition coefficient (Wildman–Crippen LogP) is 4.41. The number of ether oxygens (including phenoxy) is 1. The quantitative estimate of drug-likeness (QED) is 0.393. The zero-order chi connectivity index (χ0) is 23.0. The molecular weight excluding hydrogens is 436 g/mol. The van der Waals surface area contributed by atoms with Crippen molar-refractivity contribution < 1.29 is 14.3 Å². The molecular formula is C25H28N4O3S. The SMILES string of the molecule is CC(OC(=O)CSc1nnc(-c2ccccc2)n1-c1ccccc1)C(=O)NC1CCCCC1. The summed E-state index contributed by atoms with van der Waals surface area (Å²) in [6.45, 7) is 1.61. The third kappa shape index (κ3) is 6.01. The van der Waals surface area contributed by atoms with Crippen LogP contribution in [0, 0.1) is 0 Å². The molecule has 1 atom stereocenters. The number of carbonyl (C=O) groups excluding carboxylic acids is 2. The minimum absolute atomic E-state index is 0.0286. The first-order valence-corrected chi connectivity index (χ1v) is 12.3. The van der Waals surface area contributed by atoms with Gasteiger partial charge in [-0.05, 0) is 31.9 Å². The van der Waals surface area contributed by atoms with Crippen molar-refractivity contribution in [2.75, 3.05) is 5.75 Å². The summed E-state index contributed by atoms with van der Waals surface area (Å²) in [5, 5.41) is 12.3. The Bertz CT molecular complexity index is 1070. The molecule has 1 heterocycles. The van der Waals surface area contributed by atoms with Gasteiger partial charge in [-0.1, -0.05) is 79.6 Å². The van der Waals surface area contributed by atoms with Crippen LogP contribution < -0.4 is 5.32 Å². The summed E-state index contributed by atoms with van der Waals surface area (Å²) >= 11 is 1.24. The van der Waals surface area contributed by atoms with Crippen molar-refractivity contribution in [1.82, 2.24) is 20.1 Å². The number of carbonyl (C=O) groups is 2. The molecule has 3 aromatic rings. The first kappa shape index (κ1) is 23.0. The molecule has 0 bridgehead atoms. The van der Waals surface area contributed by atoms with E-state index in [1.807, 2.05) is 65.2 Å². The first-order chi connectivity index (χ1) is 16.1. The number of aromatic nitrogens is 3. The van der Waals surface area contributed by atoms with E-state index >= 15 is 0 Å². The average Bonchev–Trinajstić information content (AvgIpc) is 3.28. The van der Waals surface area contributed by atoms with Crippen LogP contribution in [-0.2, 0) is 14.3 Å². The molecule has 0 saturated heterocycles. The Labute approximate surface area is 197 Å². The van der Waals surface area contributed by atoms with Gasteiger partial charge in [0.2, 0.25) is 0 Å². The maximum Gasteiger partial charge on any atom is 0.317 e. The Hall–Kier alpha value is -3.13. The van der Waals surface area contributed by atoms with E-state index in [0.717, 1.165) is 36.9 Å². The Morgan fingerprint density at radius 1 is 1.03 bits per heavy atom. The van der Waals surface area contributed by atoms with E-state index in [-0.39, 0.29) is 17.7 Å². The van der Waals surface area contributed by atoms with Crippen LogP contribution in [0.1, 0.15) is 39.0 Å². The van der Waals surface area contributed by atoms with Crippen molar-refractivity contribution in [3.63, 3.8) is 0 Å². The largest absolute Gasteiger partial charge is 0.452 e. The van der Waals surface area contributed by atoms with Gasteiger partial charge in [-0.15, -0.1) is 10.2 Å². The lowest BCUT2D eigenvalue weighted by Crippen LogP contribution is -2.43. The molecule has 1 fully saturated rings. The predicted molar refractivity (Wildman–Crippen MR) is 128 cm³/mol. The van der Waals surface area contributed by atoms with Crippen LogP contribution in [0.3, 0.4) is 0 Å². The Morgan fingerprint density at radius 2 is 1.70 bits per heavy atom. The van der Waals surface area contributed by atoms with Gasteiger partial charge in [0.15, 0.2) is 17.1 Å². The molecule has 1 aliphatic carbocycles. The lowest BCUT2D eigenvalue weighted by atomic mass is 9.95. The molecule has 1 amide bonds. The number of benzene rings is 2. The molecule has 8 heteroatoms. The summed E-state index contributed by atoms with van der Waals surface area (Å²) in [6, 6.07) is 19.7. The van der Waals surface area contributed by atoms with Gasteiger partial charge in [-0.2, -0.15) is 0 Å². The van der Waals surface area contributed by atoms with E-state index in [1.165, 1.54) is 18.2 Å². The molecule has 4 rings (SSSR count). The minimum Gasteiger partial charge on any atom is -0.452 e. The molecule has 1 saturated carbocycles. The van der Waals surface area contributed by atoms with E-state index in [1.54, 1.807) is 6.92 Å². The number of nitrogens with one attached hydrogen (secondary N) is 1. The van der Waals surface area contributed by atoms with Gasteiger partial charge in [0.1, 0.15) is 0 Å². The fourth-order valence-electron chi connectivity index (χ4n) is 3.92. The fourth-order valence-corrected chi connectivity index (χ4v) is 4.66. The van der Waals surface area contributed by atoms with Gasteiger partial charge in [-0.25, -0.2) is 0 Å². The Balaban J connectivity index is 1.41. The van der Waals surface area contributed by atoms with E-state index < -0.39 is 12.1 Å². The summed E-state index contributed by atoms with van der Waals surface area (Å²) in [5.74, 6) is 0.0213. The Kier molecular flexibility index (Phi) is 7.78. The van der Waals surface area contributed by atoms with Crippen LogP contribution in [0.2, 0.25) is 0 Å². The van der Waals surface area contributed by atoms with E-state index in [0.29, 0.717) is 11.0 Å². The number of hydrogen-bond donors (Lipinski definition) is 1. The van der Waals surface area contributed by atoms with Crippen molar-refractivity contribution in [3.8, 4) is 17.1 Å². The summed E-state index contributed by atoms with van der Waals surface area (Å²) in [6.07, 6.45) is 4.62. The molecule has 172 valence electrons. The molecule has 0 spiro atoms. The highest BCUT2D eigenvalue weighted by molar-refractivity contribution is 7.99. The average molecular weight is 465 g/mol. The molecule has 7 nitrogen and oxygen atoms in total. The first-order valence-electron chi connectivity index (χ1n) is 11.3. The third-order valence-corrected chi connectivity index (χ3v) is 6.53. The van der Waals surface area contributed by atoms with Gasteiger partial charge >= 0.3 is 5.97 Å². The maximum absolute atomic E-state index is 12.5. The maximum atomic E-state index is 12.5. The summed E-state index contributed by atoms with van der Waals surface area (Å²) in [7, 11) is 0. The van der Waals surface area contributed by atoms with Crippen molar-refractivity contribution in [2.45, 2.75) is 56.3 Å². The summed E-state index contributed by atoms with van der Waals surface area (Å²) in [5.41, 5.74) is 1.83. The molecule has 1 aromatic heterocycles. The second kappa shape index (κ2) is 11.1. The molecule has 1 aliphatic rings. The second-order valence-electron chi connectivity index (χ2n) is 8.11. The molecule has 0 radical (unpaired) electrons. The van der Waals surface area contributed by atoms with Gasteiger partial charge in [-0.3, -0.25) is 14.2 Å². The van der Waals surface area contributed by atoms with Crippen LogP contribution in [0.5, 0.6) is 0 Å². The number of nitrogens with zero attached hydrogens (tertiary/aromatic N) is 3. The monoisotopic (exact) mass is 464 g/mol. The van der Waals surface area contributed by atoms with E-state index in [4.69, 9.17) is 4.74 Å². The van der Waals surface area contributed by atoms with Crippen molar-refractivity contribution in [3.05, 3.63) is 60.7 Å².